The number of ketones is 1. The van der Waals surface area contributed by atoms with Crippen LogP contribution in [0.4, 0.5) is 16.2 Å². The van der Waals surface area contributed by atoms with E-state index in [-0.39, 0.29) is 18.2 Å². The second-order valence-electron chi connectivity index (χ2n) is 4.86. The van der Waals surface area contributed by atoms with Crippen molar-refractivity contribution in [2.45, 2.75) is 6.92 Å². The van der Waals surface area contributed by atoms with E-state index < -0.39 is 6.03 Å². The van der Waals surface area contributed by atoms with Crippen LogP contribution in [0.2, 0.25) is 0 Å². The second-order valence-corrected chi connectivity index (χ2v) is 4.86. The number of amides is 3. The first-order valence-electron chi connectivity index (χ1n) is 7.05. The van der Waals surface area contributed by atoms with Crippen LogP contribution < -0.4 is 16.0 Å². The van der Waals surface area contributed by atoms with E-state index in [0.29, 0.717) is 16.9 Å². The van der Waals surface area contributed by atoms with Gasteiger partial charge in [0.15, 0.2) is 5.78 Å². The zero-order valence-corrected chi connectivity index (χ0v) is 12.6. The summed E-state index contributed by atoms with van der Waals surface area (Å²) < 4.78 is 0. The summed E-state index contributed by atoms with van der Waals surface area (Å²) in [5.74, 6) is -0.397. The number of carbonyl (C=O) groups is 3. The standard InChI is InChI=1S/C17H17N3O3/c1-12(21)13-7-9-15(10-8-13)19-16(22)11-18-17(23)20-14-5-3-2-4-6-14/h2-10H,11H2,1H3,(H,19,22)(H2,18,20,23). The Morgan fingerprint density at radius 1 is 0.826 bits per heavy atom. The summed E-state index contributed by atoms with van der Waals surface area (Å²) in [6.45, 7) is 1.32. The lowest BCUT2D eigenvalue weighted by molar-refractivity contribution is -0.115. The van der Waals surface area contributed by atoms with Crippen molar-refractivity contribution in [2.75, 3.05) is 17.2 Å². The van der Waals surface area contributed by atoms with Gasteiger partial charge in [-0.3, -0.25) is 9.59 Å². The van der Waals surface area contributed by atoms with Gasteiger partial charge in [-0.2, -0.15) is 0 Å². The zero-order chi connectivity index (χ0) is 16.7. The number of anilines is 2. The molecule has 0 bridgehead atoms. The molecule has 0 unspecified atom stereocenters. The molecule has 0 heterocycles. The Balaban J connectivity index is 1.78. The lowest BCUT2D eigenvalue weighted by atomic mass is 10.1. The van der Waals surface area contributed by atoms with E-state index in [1.165, 1.54) is 6.92 Å². The van der Waals surface area contributed by atoms with Gasteiger partial charge in [0.2, 0.25) is 5.91 Å². The van der Waals surface area contributed by atoms with Crippen LogP contribution in [0.3, 0.4) is 0 Å². The largest absolute Gasteiger partial charge is 0.329 e. The van der Waals surface area contributed by atoms with Gasteiger partial charge in [0.1, 0.15) is 0 Å². The van der Waals surface area contributed by atoms with Gasteiger partial charge in [-0.15, -0.1) is 0 Å². The fourth-order valence-electron chi connectivity index (χ4n) is 1.85. The van der Waals surface area contributed by atoms with E-state index >= 15 is 0 Å². The third-order valence-corrected chi connectivity index (χ3v) is 3.02. The quantitative estimate of drug-likeness (QED) is 0.742. The molecule has 118 valence electrons. The molecule has 3 N–H and O–H groups in total. The molecule has 6 heteroatoms. The van der Waals surface area contributed by atoms with Crippen LogP contribution in [0.1, 0.15) is 17.3 Å². The summed E-state index contributed by atoms with van der Waals surface area (Å²) in [6.07, 6.45) is 0. The van der Waals surface area contributed by atoms with Crippen molar-refractivity contribution >= 4 is 29.1 Å². The molecule has 3 amide bonds. The molecular formula is C17H17N3O3. The fraction of sp³-hybridized carbons (Fsp3) is 0.118. The highest BCUT2D eigenvalue weighted by Gasteiger charge is 2.06. The first-order chi connectivity index (χ1) is 11.0. The van der Waals surface area contributed by atoms with Crippen molar-refractivity contribution in [3.8, 4) is 0 Å². The highest BCUT2D eigenvalue weighted by molar-refractivity contribution is 5.98. The molecule has 0 saturated heterocycles. The third kappa shape index (κ3) is 5.28. The Bertz CT molecular complexity index is 697. The normalized spacial score (nSPS) is 9.78. The maximum Gasteiger partial charge on any atom is 0.319 e. The molecule has 2 aromatic carbocycles. The SMILES string of the molecule is CC(=O)c1ccc(NC(=O)CNC(=O)Nc2ccccc2)cc1. The number of nitrogens with one attached hydrogen (secondary N) is 3. The van der Waals surface area contributed by atoms with Gasteiger partial charge in [-0.1, -0.05) is 18.2 Å². The topological polar surface area (TPSA) is 87.3 Å². The molecule has 2 rings (SSSR count). The molecule has 0 aliphatic carbocycles. The molecule has 0 aliphatic rings. The molecule has 0 radical (unpaired) electrons. The molecule has 0 saturated carbocycles. The Morgan fingerprint density at radius 2 is 1.43 bits per heavy atom. The number of para-hydroxylation sites is 1. The summed E-state index contributed by atoms with van der Waals surface area (Å²) in [5.41, 5.74) is 1.78. The van der Waals surface area contributed by atoms with Crippen LogP contribution in [0.25, 0.3) is 0 Å². The number of Topliss-reactive ketones (excluding diaryl/α,β-unsaturated/α-hetero) is 1. The molecule has 0 aromatic heterocycles. The number of urea groups is 1. The van der Waals surface area contributed by atoms with Crippen molar-refractivity contribution < 1.29 is 14.4 Å². The second kappa shape index (κ2) is 7.74. The maximum absolute atomic E-state index is 11.8. The summed E-state index contributed by atoms with van der Waals surface area (Å²) in [4.78, 5) is 34.6. The number of hydrogen-bond acceptors (Lipinski definition) is 3. The zero-order valence-electron chi connectivity index (χ0n) is 12.6. The van der Waals surface area contributed by atoms with E-state index in [0.717, 1.165) is 0 Å². The van der Waals surface area contributed by atoms with Crippen LogP contribution in [-0.2, 0) is 4.79 Å². The van der Waals surface area contributed by atoms with Crippen LogP contribution in [-0.4, -0.2) is 24.3 Å². The number of rotatable bonds is 5. The van der Waals surface area contributed by atoms with Crippen LogP contribution in [0.5, 0.6) is 0 Å². The van der Waals surface area contributed by atoms with Crippen LogP contribution in [0.15, 0.2) is 54.6 Å². The van der Waals surface area contributed by atoms with Crippen molar-refractivity contribution in [1.82, 2.24) is 5.32 Å². The molecule has 2 aromatic rings. The summed E-state index contributed by atoms with van der Waals surface area (Å²) in [5, 5.41) is 7.71. The summed E-state index contributed by atoms with van der Waals surface area (Å²) in [7, 11) is 0. The first kappa shape index (κ1) is 16.2. The van der Waals surface area contributed by atoms with Gasteiger partial charge in [-0.25, -0.2) is 4.79 Å². The lowest BCUT2D eigenvalue weighted by Gasteiger charge is -2.08. The summed E-state index contributed by atoms with van der Waals surface area (Å²) >= 11 is 0. The number of carbonyl (C=O) groups excluding carboxylic acids is 3. The Labute approximate surface area is 133 Å². The average molecular weight is 311 g/mol. The monoisotopic (exact) mass is 311 g/mol. The van der Waals surface area contributed by atoms with Crippen LogP contribution in [0, 0.1) is 0 Å². The molecule has 0 aliphatic heterocycles. The van der Waals surface area contributed by atoms with Gasteiger partial charge in [0, 0.05) is 16.9 Å². The van der Waals surface area contributed by atoms with Gasteiger partial charge < -0.3 is 16.0 Å². The minimum absolute atomic E-state index is 0.0397. The average Bonchev–Trinajstić information content (AvgIpc) is 2.54. The number of hydrogen-bond donors (Lipinski definition) is 3. The van der Waals surface area contributed by atoms with E-state index in [9.17, 15) is 14.4 Å². The predicted octanol–water partition coefficient (Wildman–Crippen LogP) is 2.65. The van der Waals surface area contributed by atoms with Crippen molar-refractivity contribution in [3.63, 3.8) is 0 Å². The highest BCUT2D eigenvalue weighted by atomic mass is 16.2. The first-order valence-corrected chi connectivity index (χ1v) is 7.05. The number of benzene rings is 2. The molecule has 23 heavy (non-hydrogen) atoms. The Morgan fingerprint density at radius 3 is 2.04 bits per heavy atom. The highest BCUT2D eigenvalue weighted by Crippen LogP contribution is 2.09. The van der Waals surface area contributed by atoms with Crippen molar-refractivity contribution in [2.24, 2.45) is 0 Å². The maximum atomic E-state index is 11.8. The minimum atomic E-state index is -0.460. The van der Waals surface area contributed by atoms with E-state index in [2.05, 4.69) is 16.0 Å². The van der Waals surface area contributed by atoms with Crippen molar-refractivity contribution in [1.29, 1.82) is 0 Å². The molecular weight excluding hydrogens is 294 g/mol. The van der Waals surface area contributed by atoms with E-state index in [1.807, 2.05) is 6.07 Å². The minimum Gasteiger partial charge on any atom is -0.329 e. The van der Waals surface area contributed by atoms with Gasteiger partial charge >= 0.3 is 6.03 Å². The fourth-order valence-corrected chi connectivity index (χ4v) is 1.85. The van der Waals surface area contributed by atoms with E-state index in [1.54, 1.807) is 48.5 Å². The lowest BCUT2D eigenvalue weighted by Crippen LogP contribution is -2.35. The molecule has 0 spiro atoms. The Hall–Kier alpha value is -3.15. The Kier molecular flexibility index (Phi) is 5.46. The third-order valence-electron chi connectivity index (χ3n) is 3.02. The van der Waals surface area contributed by atoms with Crippen molar-refractivity contribution in [3.05, 3.63) is 60.2 Å². The molecule has 6 nitrogen and oxygen atoms in total. The van der Waals surface area contributed by atoms with E-state index in [4.69, 9.17) is 0 Å². The molecule has 0 atom stereocenters. The van der Waals surface area contributed by atoms with Crippen LogP contribution >= 0.6 is 0 Å². The summed E-state index contributed by atoms with van der Waals surface area (Å²) in [6, 6.07) is 15.0. The van der Waals surface area contributed by atoms with Gasteiger partial charge in [0.25, 0.3) is 0 Å². The smallest absolute Gasteiger partial charge is 0.319 e. The van der Waals surface area contributed by atoms with Gasteiger partial charge in [-0.05, 0) is 43.3 Å². The van der Waals surface area contributed by atoms with Gasteiger partial charge in [0.05, 0.1) is 6.54 Å². The predicted molar refractivity (Wildman–Crippen MR) is 88.5 cm³/mol. The molecule has 0 fully saturated rings.